The van der Waals surface area contributed by atoms with E-state index in [0.717, 1.165) is 12.3 Å². The first-order valence-corrected chi connectivity index (χ1v) is 5.49. The second-order valence-corrected chi connectivity index (χ2v) is 4.13. The van der Waals surface area contributed by atoms with Crippen molar-refractivity contribution in [3.05, 3.63) is 39.7 Å². The molecule has 0 saturated carbocycles. The van der Waals surface area contributed by atoms with Gasteiger partial charge in [-0.1, -0.05) is 0 Å². The number of halogens is 4. The summed E-state index contributed by atoms with van der Waals surface area (Å²) in [4.78, 5) is 15.3. The Hall–Kier alpha value is -1.64. The molecule has 2 aromatic heterocycles. The number of alkyl halides is 3. The number of hydrogen-bond donors (Lipinski definition) is 0. The highest BCUT2D eigenvalue weighted by atomic mass is 79.9. The van der Waals surface area contributed by atoms with Gasteiger partial charge in [-0.15, -0.1) is 5.10 Å². The van der Waals surface area contributed by atoms with E-state index in [0.29, 0.717) is 15.0 Å². The topological polar surface area (TPSA) is 52.7 Å². The highest BCUT2D eigenvalue weighted by Crippen LogP contribution is 2.16. The van der Waals surface area contributed by atoms with E-state index in [1.54, 1.807) is 0 Å². The van der Waals surface area contributed by atoms with Crippen LogP contribution >= 0.6 is 15.9 Å². The zero-order valence-electron chi connectivity index (χ0n) is 8.73. The minimum atomic E-state index is -4.43. The molecule has 0 saturated heterocycles. The van der Waals surface area contributed by atoms with Crippen LogP contribution in [0.3, 0.4) is 0 Å². The highest BCUT2D eigenvalue weighted by Gasteiger charge is 2.28. The third kappa shape index (κ3) is 2.97. The summed E-state index contributed by atoms with van der Waals surface area (Å²) in [6.07, 6.45) is -2.02. The number of hydrogen-bond acceptors (Lipinski definition) is 3. The zero-order chi connectivity index (χ0) is 13.3. The van der Waals surface area contributed by atoms with Gasteiger partial charge in [0.1, 0.15) is 12.9 Å². The van der Waals surface area contributed by atoms with Crippen molar-refractivity contribution in [2.45, 2.75) is 12.7 Å². The van der Waals surface area contributed by atoms with Crippen LogP contribution in [-0.4, -0.2) is 25.5 Å². The highest BCUT2D eigenvalue weighted by molar-refractivity contribution is 9.10. The lowest BCUT2D eigenvalue weighted by atomic mass is 10.4. The number of nitrogens with zero attached hydrogens (tertiary/aromatic N) is 4. The Bertz CT molecular complexity index is 619. The fraction of sp³-hybridized carbons (Fsp3) is 0.222. The predicted octanol–water partition coefficient (Wildman–Crippen LogP) is 1.75. The van der Waals surface area contributed by atoms with Gasteiger partial charge in [0.2, 0.25) is 4.73 Å². The molecule has 2 rings (SSSR count). The minimum Gasteiger partial charge on any atom is -0.306 e. The first kappa shape index (κ1) is 12.8. The van der Waals surface area contributed by atoms with Crippen LogP contribution in [0.4, 0.5) is 13.2 Å². The molecular weight excluding hydrogens is 317 g/mol. The van der Waals surface area contributed by atoms with Gasteiger partial charge in [-0.05, 0) is 22.0 Å². The van der Waals surface area contributed by atoms with Crippen molar-refractivity contribution in [2.75, 3.05) is 0 Å². The molecule has 0 spiro atoms. The molecule has 0 aliphatic heterocycles. The van der Waals surface area contributed by atoms with Crippen molar-refractivity contribution >= 4 is 15.9 Å². The van der Waals surface area contributed by atoms with Crippen LogP contribution in [0.2, 0.25) is 0 Å². The van der Waals surface area contributed by atoms with Crippen molar-refractivity contribution in [3.63, 3.8) is 0 Å². The fourth-order valence-electron chi connectivity index (χ4n) is 1.33. The van der Waals surface area contributed by atoms with Crippen LogP contribution in [0.25, 0.3) is 5.69 Å². The smallest absolute Gasteiger partial charge is 0.306 e. The van der Waals surface area contributed by atoms with E-state index < -0.39 is 18.3 Å². The first-order valence-electron chi connectivity index (χ1n) is 4.70. The molecule has 0 aromatic carbocycles. The average Bonchev–Trinajstić information content (AvgIpc) is 2.66. The van der Waals surface area contributed by atoms with E-state index in [2.05, 4.69) is 26.0 Å². The van der Waals surface area contributed by atoms with Crippen LogP contribution in [0, 0.1) is 0 Å². The Balaban J connectivity index is 2.33. The van der Waals surface area contributed by atoms with Crippen molar-refractivity contribution < 1.29 is 13.2 Å². The molecule has 5 nitrogen and oxygen atoms in total. The molecular formula is C9H6BrF3N4O. The van der Waals surface area contributed by atoms with Crippen LogP contribution in [0.5, 0.6) is 0 Å². The maximum absolute atomic E-state index is 12.2. The van der Waals surface area contributed by atoms with Gasteiger partial charge in [-0.25, -0.2) is 9.67 Å². The molecule has 0 unspecified atom stereocenters. The van der Waals surface area contributed by atoms with Gasteiger partial charge in [0.15, 0.2) is 0 Å². The molecule has 0 atom stereocenters. The van der Waals surface area contributed by atoms with E-state index in [1.165, 1.54) is 17.1 Å². The van der Waals surface area contributed by atoms with E-state index in [9.17, 15) is 18.0 Å². The fourth-order valence-corrected chi connectivity index (χ4v) is 1.59. The molecule has 0 amide bonds. The quantitative estimate of drug-likeness (QED) is 0.846. The lowest BCUT2D eigenvalue weighted by Crippen LogP contribution is -2.27. The number of pyridine rings is 1. The summed E-state index contributed by atoms with van der Waals surface area (Å²) >= 11 is 3.03. The Morgan fingerprint density at radius 3 is 2.61 bits per heavy atom. The molecule has 0 fully saturated rings. The predicted molar refractivity (Wildman–Crippen MR) is 59.4 cm³/mol. The summed E-state index contributed by atoms with van der Waals surface area (Å²) in [6.45, 7) is -1.31. The van der Waals surface area contributed by atoms with E-state index >= 15 is 0 Å². The SMILES string of the molecule is O=c1cc(-n2cnc(Br)n2)ccn1CC(F)(F)F. The van der Waals surface area contributed by atoms with E-state index in [1.807, 2.05) is 0 Å². The molecule has 9 heteroatoms. The maximum atomic E-state index is 12.2. The second kappa shape index (κ2) is 4.56. The van der Waals surface area contributed by atoms with Crippen molar-refractivity contribution in [1.29, 1.82) is 0 Å². The number of aromatic nitrogens is 4. The van der Waals surface area contributed by atoms with E-state index in [-0.39, 0.29) is 0 Å². The molecule has 0 N–H and O–H groups in total. The van der Waals surface area contributed by atoms with E-state index in [4.69, 9.17) is 0 Å². The summed E-state index contributed by atoms with van der Waals surface area (Å²) < 4.78 is 38.6. The summed E-state index contributed by atoms with van der Waals surface area (Å²) in [5, 5.41) is 3.88. The average molecular weight is 323 g/mol. The third-order valence-corrected chi connectivity index (χ3v) is 2.42. The summed E-state index contributed by atoms with van der Waals surface area (Å²) in [5.41, 5.74) is -0.409. The van der Waals surface area contributed by atoms with Crippen LogP contribution in [0.15, 0.2) is 34.2 Å². The Labute approximate surface area is 107 Å². The molecule has 96 valence electrons. The summed E-state index contributed by atoms with van der Waals surface area (Å²) in [7, 11) is 0. The third-order valence-electron chi connectivity index (χ3n) is 2.06. The monoisotopic (exact) mass is 322 g/mol. The van der Waals surface area contributed by atoms with Gasteiger partial charge in [0, 0.05) is 12.3 Å². The van der Waals surface area contributed by atoms with Gasteiger partial charge in [0.05, 0.1) is 5.69 Å². The summed E-state index contributed by atoms with van der Waals surface area (Å²) in [5.74, 6) is 0. The normalized spacial score (nSPS) is 11.8. The number of rotatable bonds is 2. The maximum Gasteiger partial charge on any atom is 0.406 e. The first-order chi connectivity index (χ1) is 8.35. The largest absolute Gasteiger partial charge is 0.406 e. The van der Waals surface area contributed by atoms with Gasteiger partial charge in [-0.3, -0.25) is 4.79 Å². The van der Waals surface area contributed by atoms with Crippen LogP contribution < -0.4 is 5.56 Å². The lowest BCUT2D eigenvalue weighted by molar-refractivity contribution is -0.141. The van der Waals surface area contributed by atoms with Crippen LogP contribution in [0.1, 0.15) is 0 Å². The molecule has 0 radical (unpaired) electrons. The van der Waals surface area contributed by atoms with Crippen molar-refractivity contribution in [1.82, 2.24) is 19.3 Å². The molecule has 0 aliphatic rings. The Morgan fingerprint density at radius 2 is 2.11 bits per heavy atom. The summed E-state index contributed by atoms with van der Waals surface area (Å²) in [6, 6.07) is 2.42. The van der Waals surface area contributed by atoms with Gasteiger partial charge in [-0.2, -0.15) is 13.2 Å². The second-order valence-electron chi connectivity index (χ2n) is 3.42. The molecule has 2 aromatic rings. The van der Waals surface area contributed by atoms with Gasteiger partial charge >= 0.3 is 6.18 Å². The minimum absolute atomic E-state index is 0.321. The van der Waals surface area contributed by atoms with Crippen molar-refractivity contribution in [2.24, 2.45) is 0 Å². The molecule has 0 aliphatic carbocycles. The van der Waals surface area contributed by atoms with Crippen LogP contribution in [-0.2, 0) is 6.54 Å². The Kier molecular flexibility index (Phi) is 3.24. The Morgan fingerprint density at radius 1 is 1.39 bits per heavy atom. The lowest BCUT2D eigenvalue weighted by Gasteiger charge is -2.09. The van der Waals surface area contributed by atoms with Gasteiger partial charge in [0.25, 0.3) is 5.56 Å². The molecule has 0 bridgehead atoms. The zero-order valence-corrected chi connectivity index (χ0v) is 10.3. The molecule has 18 heavy (non-hydrogen) atoms. The molecule has 2 heterocycles. The van der Waals surface area contributed by atoms with Gasteiger partial charge < -0.3 is 4.57 Å². The standard InChI is InChI=1S/C9H6BrF3N4O/c10-8-14-5-17(15-8)6-1-2-16(7(18)3-6)4-9(11,12)13/h1-3,5H,4H2. The van der Waals surface area contributed by atoms with Crippen molar-refractivity contribution in [3.8, 4) is 5.69 Å².